The molecular formula is C23H21BrN4O3S. The molecule has 3 heterocycles. The van der Waals surface area contributed by atoms with Gasteiger partial charge in [0.1, 0.15) is 0 Å². The van der Waals surface area contributed by atoms with Crippen LogP contribution >= 0.6 is 27.7 Å². The molecule has 3 aliphatic heterocycles. The maximum Gasteiger partial charge on any atom is 0.267 e. The van der Waals surface area contributed by atoms with Gasteiger partial charge in [-0.05, 0) is 45.9 Å². The summed E-state index contributed by atoms with van der Waals surface area (Å²) in [4.78, 5) is 35.5. The van der Waals surface area contributed by atoms with Crippen molar-refractivity contribution in [3.63, 3.8) is 0 Å². The zero-order chi connectivity index (χ0) is 22.1. The first-order valence-corrected chi connectivity index (χ1v) is 12.0. The minimum absolute atomic E-state index is 0.184. The van der Waals surface area contributed by atoms with E-state index >= 15 is 0 Å². The molecular weight excluding hydrogens is 492 g/mol. The van der Waals surface area contributed by atoms with Crippen molar-refractivity contribution in [1.29, 1.82) is 0 Å². The zero-order valence-electron chi connectivity index (χ0n) is 17.2. The number of morpholine rings is 1. The number of fused-ring (bicyclic) bond motifs is 1. The van der Waals surface area contributed by atoms with E-state index in [1.807, 2.05) is 48.5 Å². The molecule has 3 aliphatic rings. The van der Waals surface area contributed by atoms with Crippen LogP contribution < -0.4 is 5.32 Å². The normalized spacial score (nSPS) is 22.5. The number of hydrogen-bond donors (Lipinski definition) is 1. The molecule has 2 aromatic carbocycles. The van der Waals surface area contributed by atoms with E-state index in [-0.39, 0.29) is 11.8 Å². The van der Waals surface area contributed by atoms with Crippen molar-refractivity contribution >= 4 is 61.6 Å². The van der Waals surface area contributed by atoms with Crippen LogP contribution in [0.4, 0.5) is 11.4 Å². The number of ether oxygens (including phenoxy) is 1. The van der Waals surface area contributed by atoms with Crippen LogP contribution in [0, 0.1) is 0 Å². The van der Waals surface area contributed by atoms with Gasteiger partial charge in [-0.1, -0.05) is 30.3 Å². The number of rotatable bonds is 4. The van der Waals surface area contributed by atoms with Crippen LogP contribution in [0.15, 0.2) is 62.9 Å². The van der Waals surface area contributed by atoms with Crippen LogP contribution in [-0.2, 0) is 14.3 Å². The molecule has 0 radical (unpaired) electrons. The lowest BCUT2D eigenvalue weighted by Crippen LogP contribution is -2.42. The molecule has 0 aromatic heterocycles. The van der Waals surface area contributed by atoms with Crippen molar-refractivity contribution in [2.24, 2.45) is 4.99 Å². The lowest BCUT2D eigenvalue weighted by molar-refractivity contribution is -0.122. The Morgan fingerprint density at radius 3 is 2.59 bits per heavy atom. The zero-order valence-corrected chi connectivity index (χ0v) is 19.6. The third-order valence-electron chi connectivity index (χ3n) is 5.56. The number of nitrogens with zero attached hydrogens (tertiary/aromatic N) is 3. The Bertz CT molecular complexity index is 1130. The molecule has 0 atom stereocenters. The summed E-state index contributed by atoms with van der Waals surface area (Å²) >= 11 is 4.75. The second-order valence-corrected chi connectivity index (χ2v) is 9.40. The van der Waals surface area contributed by atoms with E-state index in [1.165, 1.54) is 11.8 Å². The van der Waals surface area contributed by atoms with E-state index in [9.17, 15) is 9.59 Å². The van der Waals surface area contributed by atoms with Gasteiger partial charge in [-0.3, -0.25) is 19.4 Å². The Morgan fingerprint density at radius 1 is 1.03 bits per heavy atom. The number of para-hydroxylation sites is 2. The monoisotopic (exact) mass is 512 g/mol. The predicted octanol–water partition coefficient (Wildman–Crippen LogP) is 3.71. The van der Waals surface area contributed by atoms with Crippen LogP contribution in [0.3, 0.4) is 0 Å². The third-order valence-corrected chi connectivity index (χ3v) is 7.30. The molecule has 0 unspecified atom stereocenters. The Morgan fingerprint density at radius 2 is 1.81 bits per heavy atom. The molecule has 32 heavy (non-hydrogen) atoms. The molecule has 2 saturated heterocycles. The van der Waals surface area contributed by atoms with Crippen LogP contribution in [-0.4, -0.2) is 66.2 Å². The van der Waals surface area contributed by atoms with Gasteiger partial charge in [0.2, 0.25) is 0 Å². The van der Waals surface area contributed by atoms with E-state index in [0.29, 0.717) is 41.1 Å². The van der Waals surface area contributed by atoms with Crippen LogP contribution in [0.25, 0.3) is 5.57 Å². The average Bonchev–Trinajstić information content (AvgIpc) is 3.30. The SMILES string of the molecule is O=C1Nc2c(Br)cccc2/C1=C1/S/C(=N\c2ccccc2)N(CCN2CCOCC2)C1=O. The van der Waals surface area contributed by atoms with Gasteiger partial charge < -0.3 is 10.1 Å². The first-order valence-electron chi connectivity index (χ1n) is 10.4. The van der Waals surface area contributed by atoms with Gasteiger partial charge in [0, 0.05) is 36.2 Å². The van der Waals surface area contributed by atoms with Crippen LogP contribution in [0.5, 0.6) is 0 Å². The highest BCUT2D eigenvalue weighted by Crippen LogP contribution is 2.44. The molecule has 2 fully saturated rings. The summed E-state index contributed by atoms with van der Waals surface area (Å²) in [5.74, 6) is -0.451. The summed E-state index contributed by atoms with van der Waals surface area (Å²) in [6.07, 6.45) is 0. The number of amidine groups is 1. The minimum Gasteiger partial charge on any atom is -0.379 e. The predicted molar refractivity (Wildman–Crippen MR) is 130 cm³/mol. The Kier molecular flexibility index (Phi) is 6.14. The summed E-state index contributed by atoms with van der Waals surface area (Å²) in [5.41, 5.74) is 2.60. The number of nitrogens with one attached hydrogen (secondary N) is 1. The van der Waals surface area contributed by atoms with E-state index in [4.69, 9.17) is 9.73 Å². The molecule has 0 saturated carbocycles. The quantitative estimate of drug-likeness (QED) is 0.632. The van der Waals surface area contributed by atoms with Crippen molar-refractivity contribution in [1.82, 2.24) is 9.80 Å². The van der Waals surface area contributed by atoms with Gasteiger partial charge in [0.15, 0.2) is 5.17 Å². The third kappa shape index (κ3) is 4.13. The minimum atomic E-state index is -0.267. The fourth-order valence-corrected chi connectivity index (χ4v) is 5.49. The molecule has 0 spiro atoms. The van der Waals surface area contributed by atoms with Crippen molar-refractivity contribution < 1.29 is 14.3 Å². The lowest BCUT2D eigenvalue weighted by Gasteiger charge is -2.28. The Hall–Kier alpha value is -2.46. The standard InChI is InChI=1S/C23H21BrN4O3S/c24-17-8-4-7-16-18(21(29)26-19(16)17)20-22(30)28(10-9-27-11-13-31-14-12-27)23(32-20)25-15-5-2-1-3-6-15/h1-8H,9-14H2,(H,26,29)/b20-18-,25-23-. The fraction of sp³-hybridized carbons (Fsp3) is 0.261. The van der Waals surface area contributed by atoms with E-state index < -0.39 is 0 Å². The summed E-state index contributed by atoms with van der Waals surface area (Å²) in [5, 5.41) is 3.48. The van der Waals surface area contributed by atoms with E-state index in [1.54, 1.807) is 4.90 Å². The molecule has 164 valence electrons. The second-order valence-electron chi connectivity index (χ2n) is 7.56. The maximum atomic E-state index is 13.5. The average molecular weight is 513 g/mol. The molecule has 0 bridgehead atoms. The number of benzene rings is 2. The molecule has 5 rings (SSSR count). The van der Waals surface area contributed by atoms with Crippen LogP contribution in [0.1, 0.15) is 5.56 Å². The molecule has 9 heteroatoms. The van der Waals surface area contributed by atoms with Crippen molar-refractivity contribution in [3.8, 4) is 0 Å². The van der Waals surface area contributed by atoms with Gasteiger partial charge in [-0.15, -0.1) is 0 Å². The van der Waals surface area contributed by atoms with Crippen molar-refractivity contribution in [3.05, 3.63) is 63.5 Å². The Balaban J connectivity index is 1.51. The van der Waals surface area contributed by atoms with Crippen molar-refractivity contribution in [2.45, 2.75) is 0 Å². The highest BCUT2D eigenvalue weighted by Gasteiger charge is 2.40. The van der Waals surface area contributed by atoms with Gasteiger partial charge in [-0.2, -0.15) is 0 Å². The number of anilines is 1. The summed E-state index contributed by atoms with van der Waals surface area (Å²) in [6.45, 7) is 4.32. The van der Waals surface area contributed by atoms with Crippen LogP contribution in [0.2, 0.25) is 0 Å². The molecule has 7 nitrogen and oxygen atoms in total. The maximum absolute atomic E-state index is 13.5. The summed E-state index contributed by atoms with van der Waals surface area (Å²) in [6, 6.07) is 15.1. The number of hydrogen-bond acceptors (Lipinski definition) is 6. The van der Waals surface area contributed by atoms with Gasteiger partial charge in [0.05, 0.1) is 35.1 Å². The molecule has 2 amide bonds. The lowest BCUT2D eigenvalue weighted by atomic mass is 10.1. The topological polar surface area (TPSA) is 74.2 Å². The number of amides is 2. The highest BCUT2D eigenvalue weighted by molar-refractivity contribution is 9.10. The number of carbonyl (C=O) groups excluding carboxylic acids is 2. The summed E-state index contributed by atoms with van der Waals surface area (Å²) < 4.78 is 6.21. The fourth-order valence-electron chi connectivity index (χ4n) is 3.90. The summed E-state index contributed by atoms with van der Waals surface area (Å²) in [7, 11) is 0. The van der Waals surface area contributed by atoms with E-state index in [0.717, 1.165) is 35.4 Å². The molecule has 1 N–H and O–H groups in total. The number of carbonyl (C=O) groups is 2. The second kappa shape index (κ2) is 9.19. The number of halogens is 1. The largest absolute Gasteiger partial charge is 0.379 e. The van der Waals surface area contributed by atoms with Gasteiger partial charge in [-0.25, -0.2) is 4.99 Å². The van der Waals surface area contributed by atoms with Gasteiger partial charge >= 0.3 is 0 Å². The first-order chi connectivity index (χ1) is 15.6. The highest BCUT2D eigenvalue weighted by atomic mass is 79.9. The molecule has 2 aromatic rings. The van der Waals surface area contributed by atoms with E-state index in [2.05, 4.69) is 26.1 Å². The van der Waals surface area contributed by atoms with Crippen molar-refractivity contribution in [2.75, 3.05) is 44.7 Å². The number of thioether (sulfide) groups is 1. The molecule has 0 aliphatic carbocycles. The number of aliphatic imine (C=N–C) groups is 1. The Labute approximate surface area is 198 Å². The van der Waals surface area contributed by atoms with Gasteiger partial charge in [0.25, 0.3) is 11.8 Å². The smallest absolute Gasteiger partial charge is 0.267 e. The first kappa shape index (κ1) is 21.4.